The fraction of sp³-hybridized carbons (Fsp3) is 0.611. The molecule has 2 N–H and O–H groups in total. The first-order valence-corrected chi connectivity index (χ1v) is 8.27. The standard InChI is InChI=1S/C18H26N2O/c19-16(15-7-3-1-4-8-15)13-17(21)20-12-11-18(14-20)9-5-2-6-10-18/h1,3-4,7-8,16H,2,5-6,9-14,19H2/t16-/m0/s1. The molecule has 1 aromatic carbocycles. The summed E-state index contributed by atoms with van der Waals surface area (Å²) in [5.74, 6) is 0.230. The number of nitrogens with zero attached hydrogens (tertiary/aromatic N) is 1. The highest BCUT2D eigenvalue weighted by atomic mass is 16.2. The Morgan fingerprint density at radius 3 is 2.57 bits per heavy atom. The van der Waals surface area contributed by atoms with Crippen LogP contribution < -0.4 is 5.73 Å². The molecule has 2 aliphatic rings. The monoisotopic (exact) mass is 286 g/mol. The van der Waals surface area contributed by atoms with Crippen LogP contribution >= 0.6 is 0 Å². The average molecular weight is 286 g/mol. The summed E-state index contributed by atoms with van der Waals surface area (Å²) in [7, 11) is 0. The Hall–Kier alpha value is -1.35. The van der Waals surface area contributed by atoms with E-state index < -0.39 is 0 Å². The second kappa shape index (κ2) is 6.18. The molecule has 1 saturated carbocycles. The van der Waals surface area contributed by atoms with E-state index in [0.29, 0.717) is 11.8 Å². The van der Waals surface area contributed by atoms with Gasteiger partial charge in [-0.05, 0) is 30.2 Å². The van der Waals surface area contributed by atoms with Crippen LogP contribution in [0.3, 0.4) is 0 Å². The van der Waals surface area contributed by atoms with Crippen LogP contribution in [0, 0.1) is 5.41 Å². The number of benzene rings is 1. The maximum absolute atomic E-state index is 12.5. The topological polar surface area (TPSA) is 46.3 Å². The Morgan fingerprint density at radius 1 is 1.14 bits per heavy atom. The van der Waals surface area contributed by atoms with E-state index in [4.69, 9.17) is 5.73 Å². The lowest BCUT2D eigenvalue weighted by atomic mass is 9.73. The van der Waals surface area contributed by atoms with E-state index in [9.17, 15) is 4.79 Å². The number of amides is 1. The summed E-state index contributed by atoms with van der Waals surface area (Å²) in [4.78, 5) is 14.6. The van der Waals surface area contributed by atoms with Gasteiger partial charge in [0.15, 0.2) is 0 Å². The summed E-state index contributed by atoms with van der Waals surface area (Å²) in [6, 6.07) is 9.76. The molecule has 0 bridgehead atoms. The molecule has 1 aliphatic heterocycles. The molecule has 114 valence electrons. The predicted molar refractivity (Wildman–Crippen MR) is 84.7 cm³/mol. The lowest BCUT2D eigenvalue weighted by Crippen LogP contribution is -2.34. The molecular weight excluding hydrogens is 260 g/mol. The first kappa shape index (κ1) is 14.6. The molecule has 1 spiro atoms. The number of likely N-dealkylation sites (tertiary alicyclic amines) is 1. The van der Waals surface area contributed by atoms with E-state index in [2.05, 4.69) is 4.90 Å². The molecule has 1 aliphatic carbocycles. The minimum atomic E-state index is -0.179. The van der Waals surface area contributed by atoms with Crippen molar-refractivity contribution in [3.63, 3.8) is 0 Å². The van der Waals surface area contributed by atoms with Gasteiger partial charge in [-0.1, -0.05) is 49.6 Å². The smallest absolute Gasteiger partial charge is 0.224 e. The zero-order valence-corrected chi connectivity index (χ0v) is 12.8. The molecule has 1 atom stereocenters. The van der Waals surface area contributed by atoms with Gasteiger partial charge in [-0.25, -0.2) is 0 Å². The molecule has 1 aromatic rings. The molecule has 2 fully saturated rings. The van der Waals surface area contributed by atoms with Crippen LogP contribution in [0.25, 0.3) is 0 Å². The van der Waals surface area contributed by atoms with Crippen molar-refractivity contribution in [1.82, 2.24) is 4.90 Å². The van der Waals surface area contributed by atoms with Crippen molar-refractivity contribution in [3.8, 4) is 0 Å². The maximum Gasteiger partial charge on any atom is 0.224 e. The Morgan fingerprint density at radius 2 is 1.86 bits per heavy atom. The normalized spacial score (nSPS) is 22.4. The molecule has 3 heteroatoms. The van der Waals surface area contributed by atoms with Crippen molar-refractivity contribution in [2.75, 3.05) is 13.1 Å². The third-order valence-electron chi connectivity index (χ3n) is 5.33. The van der Waals surface area contributed by atoms with E-state index in [0.717, 1.165) is 18.7 Å². The Kier molecular flexibility index (Phi) is 4.29. The van der Waals surface area contributed by atoms with Crippen molar-refractivity contribution in [2.24, 2.45) is 11.1 Å². The molecule has 0 unspecified atom stereocenters. The third kappa shape index (κ3) is 3.29. The van der Waals surface area contributed by atoms with Crippen molar-refractivity contribution in [3.05, 3.63) is 35.9 Å². The molecule has 1 amide bonds. The molecule has 0 radical (unpaired) electrons. The lowest BCUT2D eigenvalue weighted by molar-refractivity contribution is -0.131. The van der Waals surface area contributed by atoms with Crippen LogP contribution in [0.5, 0.6) is 0 Å². The number of carbonyl (C=O) groups is 1. The Labute approximate surface area is 127 Å². The van der Waals surface area contributed by atoms with E-state index >= 15 is 0 Å². The van der Waals surface area contributed by atoms with Gasteiger partial charge in [-0.3, -0.25) is 4.79 Å². The zero-order valence-electron chi connectivity index (χ0n) is 12.8. The second-order valence-corrected chi connectivity index (χ2v) is 6.85. The highest BCUT2D eigenvalue weighted by molar-refractivity contribution is 5.77. The van der Waals surface area contributed by atoms with Gasteiger partial charge in [0.25, 0.3) is 0 Å². The number of nitrogens with two attached hydrogens (primary N) is 1. The van der Waals surface area contributed by atoms with Crippen LogP contribution in [-0.4, -0.2) is 23.9 Å². The van der Waals surface area contributed by atoms with Gasteiger partial charge in [-0.15, -0.1) is 0 Å². The quantitative estimate of drug-likeness (QED) is 0.927. The fourth-order valence-electron chi connectivity index (χ4n) is 3.99. The van der Waals surface area contributed by atoms with Gasteiger partial charge in [0.05, 0.1) is 0 Å². The summed E-state index contributed by atoms with van der Waals surface area (Å²) < 4.78 is 0. The second-order valence-electron chi connectivity index (χ2n) is 6.85. The van der Waals surface area contributed by atoms with Crippen LogP contribution in [0.15, 0.2) is 30.3 Å². The van der Waals surface area contributed by atoms with E-state index in [1.807, 2.05) is 30.3 Å². The Balaban J connectivity index is 1.57. The van der Waals surface area contributed by atoms with Gasteiger partial charge in [0.1, 0.15) is 0 Å². The lowest BCUT2D eigenvalue weighted by Gasteiger charge is -2.33. The zero-order chi connectivity index (χ0) is 14.7. The first-order chi connectivity index (χ1) is 10.2. The number of hydrogen-bond acceptors (Lipinski definition) is 2. The molecule has 1 saturated heterocycles. The summed E-state index contributed by atoms with van der Waals surface area (Å²) in [5, 5.41) is 0. The van der Waals surface area contributed by atoms with Crippen LogP contribution in [-0.2, 0) is 4.79 Å². The maximum atomic E-state index is 12.5. The van der Waals surface area contributed by atoms with Crippen molar-refractivity contribution >= 4 is 5.91 Å². The predicted octanol–water partition coefficient (Wildman–Crippen LogP) is 3.26. The van der Waals surface area contributed by atoms with E-state index in [1.54, 1.807) is 0 Å². The SMILES string of the molecule is N[C@@H](CC(=O)N1CCC2(CCCCC2)C1)c1ccccc1. The van der Waals surface area contributed by atoms with Crippen LogP contribution in [0.4, 0.5) is 0 Å². The van der Waals surface area contributed by atoms with Crippen LogP contribution in [0.1, 0.15) is 56.6 Å². The average Bonchev–Trinajstić information content (AvgIpc) is 2.92. The summed E-state index contributed by atoms with van der Waals surface area (Å²) >= 11 is 0. The summed E-state index contributed by atoms with van der Waals surface area (Å²) in [5.41, 5.74) is 7.67. The minimum absolute atomic E-state index is 0.179. The largest absolute Gasteiger partial charge is 0.342 e. The van der Waals surface area contributed by atoms with Gasteiger partial charge in [-0.2, -0.15) is 0 Å². The number of hydrogen-bond donors (Lipinski definition) is 1. The molecular formula is C18H26N2O. The van der Waals surface area contributed by atoms with E-state index in [-0.39, 0.29) is 11.9 Å². The fourth-order valence-corrected chi connectivity index (χ4v) is 3.99. The van der Waals surface area contributed by atoms with Crippen LogP contribution in [0.2, 0.25) is 0 Å². The minimum Gasteiger partial charge on any atom is -0.342 e. The van der Waals surface area contributed by atoms with Gasteiger partial charge in [0.2, 0.25) is 5.91 Å². The van der Waals surface area contributed by atoms with Crippen molar-refractivity contribution in [2.45, 2.75) is 51.0 Å². The molecule has 0 aromatic heterocycles. The summed E-state index contributed by atoms with van der Waals surface area (Å²) in [6.07, 6.45) is 8.29. The van der Waals surface area contributed by atoms with Gasteiger partial charge >= 0.3 is 0 Å². The van der Waals surface area contributed by atoms with Gasteiger partial charge in [0, 0.05) is 25.6 Å². The highest BCUT2D eigenvalue weighted by Gasteiger charge is 2.40. The molecule has 21 heavy (non-hydrogen) atoms. The number of carbonyl (C=O) groups excluding carboxylic acids is 1. The molecule has 1 heterocycles. The van der Waals surface area contributed by atoms with Crippen molar-refractivity contribution in [1.29, 1.82) is 0 Å². The van der Waals surface area contributed by atoms with Crippen molar-refractivity contribution < 1.29 is 4.79 Å². The van der Waals surface area contributed by atoms with Gasteiger partial charge < -0.3 is 10.6 Å². The molecule has 3 nitrogen and oxygen atoms in total. The Bertz CT molecular complexity index is 479. The highest BCUT2D eigenvalue weighted by Crippen LogP contribution is 2.43. The number of rotatable bonds is 3. The third-order valence-corrected chi connectivity index (χ3v) is 5.33. The molecule has 3 rings (SSSR count). The summed E-state index contributed by atoms with van der Waals surface area (Å²) in [6.45, 7) is 1.90. The first-order valence-electron chi connectivity index (χ1n) is 8.27. The van der Waals surface area contributed by atoms with E-state index in [1.165, 1.54) is 38.5 Å².